The molecule has 0 aliphatic carbocycles. The Bertz CT molecular complexity index is 703. The van der Waals surface area contributed by atoms with Crippen LogP contribution in [0.3, 0.4) is 0 Å². The second-order valence-corrected chi connectivity index (χ2v) is 6.28. The van der Waals surface area contributed by atoms with E-state index in [2.05, 4.69) is 44.6 Å². The van der Waals surface area contributed by atoms with Crippen LogP contribution in [0, 0.1) is 6.92 Å². The van der Waals surface area contributed by atoms with E-state index in [-0.39, 0.29) is 5.91 Å². The zero-order valence-electron chi connectivity index (χ0n) is 14.5. The number of aryl methyl sites for hydroxylation is 1. The number of hydrogen-bond acceptors (Lipinski definition) is 5. The van der Waals surface area contributed by atoms with E-state index in [0.29, 0.717) is 12.3 Å². The van der Waals surface area contributed by atoms with Crippen LogP contribution in [0.25, 0.3) is 0 Å². The average Bonchev–Trinajstić information content (AvgIpc) is 3.03. The Morgan fingerprint density at radius 1 is 1.12 bits per heavy atom. The highest BCUT2D eigenvalue weighted by atomic mass is 16.3. The van der Waals surface area contributed by atoms with Gasteiger partial charge in [-0.3, -0.25) is 14.6 Å². The summed E-state index contributed by atoms with van der Waals surface area (Å²) in [4.78, 5) is 16.5. The maximum Gasteiger partial charge on any atom is 0.254 e. The van der Waals surface area contributed by atoms with E-state index >= 15 is 0 Å². The number of furan rings is 1. The number of benzene rings is 1. The van der Waals surface area contributed by atoms with Crippen molar-refractivity contribution in [3.63, 3.8) is 0 Å². The van der Waals surface area contributed by atoms with Crippen molar-refractivity contribution in [2.45, 2.75) is 13.5 Å². The van der Waals surface area contributed by atoms with Crippen LogP contribution in [0.2, 0.25) is 0 Å². The van der Waals surface area contributed by atoms with Crippen molar-refractivity contribution < 1.29 is 9.21 Å². The third kappa shape index (κ3) is 5.55. The topological polar surface area (TPSA) is 61.1 Å². The van der Waals surface area contributed by atoms with E-state index in [1.165, 1.54) is 11.8 Å². The summed E-state index contributed by atoms with van der Waals surface area (Å²) >= 11 is 0. The van der Waals surface area contributed by atoms with E-state index < -0.39 is 0 Å². The molecule has 6 nitrogen and oxygen atoms in total. The fourth-order valence-corrected chi connectivity index (χ4v) is 2.88. The number of nitrogens with one attached hydrogen (secondary N) is 1. The summed E-state index contributed by atoms with van der Waals surface area (Å²) in [7, 11) is 0. The molecule has 0 unspecified atom stereocenters. The molecule has 6 heteroatoms. The molecular formula is C19H24N4O2. The van der Waals surface area contributed by atoms with Gasteiger partial charge in [0.2, 0.25) is 0 Å². The first-order valence-corrected chi connectivity index (χ1v) is 8.56. The van der Waals surface area contributed by atoms with Crippen LogP contribution < -0.4 is 5.43 Å². The molecule has 25 heavy (non-hydrogen) atoms. The van der Waals surface area contributed by atoms with E-state index in [0.717, 1.165) is 38.5 Å². The Hall–Kier alpha value is -2.44. The minimum Gasteiger partial charge on any atom is -0.460 e. The summed E-state index contributed by atoms with van der Waals surface area (Å²) < 4.78 is 5.36. The first-order valence-electron chi connectivity index (χ1n) is 8.56. The van der Waals surface area contributed by atoms with Crippen molar-refractivity contribution >= 4 is 12.1 Å². The van der Waals surface area contributed by atoms with Gasteiger partial charge in [0.15, 0.2) is 0 Å². The standard InChI is InChI=1S/C19H24N4O2/c1-16-7-8-18(25-16)13-20-21-19(24)15-23-11-9-22(10-12-23)14-17-5-3-2-4-6-17/h2-8,13H,9-12,14-15H2,1H3,(H,21,24). The largest absolute Gasteiger partial charge is 0.460 e. The number of piperazine rings is 1. The summed E-state index contributed by atoms with van der Waals surface area (Å²) in [6.07, 6.45) is 1.52. The van der Waals surface area contributed by atoms with Gasteiger partial charge in [-0.15, -0.1) is 0 Å². The predicted molar refractivity (Wildman–Crippen MR) is 97.3 cm³/mol. The maximum atomic E-state index is 12.0. The molecule has 3 rings (SSSR count). The van der Waals surface area contributed by atoms with Crippen LogP contribution in [-0.4, -0.2) is 54.6 Å². The van der Waals surface area contributed by atoms with Gasteiger partial charge in [-0.1, -0.05) is 30.3 Å². The highest BCUT2D eigenvalue weighted by molar-refractivity contribution is 5.81. The number of hydrogen-bond donors (Lipinski definition) is 1. The molecule has 1 aromatic carbocycles. The number of hydrazone groups is 1. The fourth-order valence-electron chi connectivity index (χ4n) is 2.88. The van der Waals surface area contributed by atoms with Crippen LogP contribution in [0.4, 0.5) is 0 Å². The summed E-state index contributed by atoms with van der Waals surface area (Å²) in [5.41, 5.74) is 3.88. The van der Waals surface area contributed by atoms with Gasteiger partial charge in [0.05, 0.1) is 12.8 Å². The van der Waals surface area contributed by atoms with Crippen LogP contribution in [0.5, 0.6) is 0 Å². The lowest BCUT2D eigenvalue weighted by Crippen LogP contribution is -2.48. The summed E-state index contributed by atoms with van der Waals surface area (Å²) in [6, 6.07) is 14.2. The Kier molecular flexibility index (Phi) is 5.98. The zero-order valence-corrected chi connectivity index (χ0v) is 14.5. The Balaban J connectivity index is 1.37. The first-order chi connectivity index (χ1) is 12.2. The quantitative estimate of drug-likeness (QED) is 0.644. The van der Waals surface area contributed by atoms with E-state index in [1.54, 1.807) is 0 Å². The fraction of sp³-hybridized carbons (Fsp3) is 0.368. The van der Waals surface area contributed by atoms with Gasteiger partial charge in [-0.25, -0.2) is 5.43 Å². The van der Waals surface area contributed by atoms with E-state index in [9.17, 15) is 4.79 Å². The van der Waals surface area contributed by atoms with Crippen LogP contribution >= 0.6 is 0 Å². The SMILES string of the molecule is Cc1ccc(C=NNC(=O)CN2CCN(Cc3ccccc3)CC2)o1. The minimum absolute atomic E-state index is 0.101. The smallest absolute Gasteiger partial charge is 0.254 e. The lowest BCUT2D eigenvalue weighted by molar-refractivity contribution is -0.122. The maximum absolute atomic E-state index is 12.0. The van der Waals surface area contributed by atoms with Gasteiger partial charge >= 0.3 is 0 Å². The number of carbonyl (C=O) groups excluding carboxylic acids is 1. The van der Waals surface area contributed by atoms with Crippen molar-refractivity contribution in [3.05, 3.63) is 59.5 Å². The molecule has 0 bridgehead atoms. The van der Waals surface area contributed by atoms with Gasteiger partial charge in [-0.05, 0) is 24.6 Å². The Morgan fingerprint density at radius 2 is 1.84 bits per heavy atom. The second kappa shape index (κ2) is 8.60. The van der Waals surface area contributed by atoms with Crippen LogP contribution in [0.15, 0.2) is 52.0 Å². The van der Waals surface area contributed by atoms with Gasteiger partial charge < -0.3 is 4.42 Å². The van der Waals surface area contributed by atoms with Gasteiger partial charge in [0.25, 0.3) is 5.91 Å². The molecule has 0 atom stereocenters. The lowest BCUT2D eigenvalue weighted by atomic mass is 10.2. The summed E-state index contributed by atoms with van der Waals surface area (Å²) in [5, 5.41) is 3.94. The second-order valence-electron chi connectivity index (χ2n) is 6.28. The molecule has 1 saturated heterocycles. The molecule has 1 aromatic heterocycles. The van der Waals surface area contributed by atoms with E-state index in [1.807, 2.05) is 25.1 Å². The third-order valence-electron chi connectivity index (χ3n) is 4.22. The Labute approximate surface area is 148 Å². The van der Waals surface area contributed by atoms with Crippen molar-refractivity contribution in [2.24, 2.45) is 5.10 Å². The molecule has 1 fully saturated rings. The molecule has 1 amide bonds. The van der Waals surface area contributed by atoms with Gasteiger partial charge in [0, 0.05) is 32.7 Å². The molecule has 0 saturated carbocycles. The minimum atomic E-state index is -0.101. The Morgan fingerprint density at radius 3 is 2.52 bits per heavy atom. The first kappa shape index (κ1) is 17.4. The molecular weight excluding hydrogens is 316 g/mol. The molecule has 1 aliphatic rings. The molecule has 0 spiro atoms. The van der Waals surface area contributed by atoms with Gasteiger partial charge in [-0.2, -0.15) is 5.10 Å². The van der Waals surface area contributed by atoms with Crippen LogP contribution in [0.1, 0.15) is 17.1 Å². The third-order valence-corrected chi connectivity index (χ3v) is 4.22. The number of nitrogens with zero attached hydrogens (tertiary/aromatic N) is 3. The monoisotopic (exact) mass is 340 g/mol. The molecule has 2 heterocycles. The predicted octanol–water partition coefficient (Wildman–Crippen LogP) is 1.86. The summed E-state index contributed by atoms with van der Waals surface area (Å²) in [6.45, 7) is 6.92. The van der Waals surface area contributed by atoms with Crippen LogP contribution in [-0.2, 0) is 11.3 Å². The van der Waals surface area contributed by atoms with Crippen molar-refractivity contribution in [3.8, 4) is 0 Å². The van der Waals surface area contributed by atoms with Crippen molar-refractivity contribution in [1.82, 2.24) is 15.2 Å². The molecule has 2 aromatic rings. The molecule has 132 valence electrons. The zero-order chi connectivity index (χ0) is 17.5. The lowest BCUT2D eigenvalue weighted by Gasteiger charge is -2.34. The highest BCUT2D eigenvalue weighted by Crippen LogP contribution is 2.08. The van der Waals surface area contributed by atoms with Crippen molar-refractivity contribution in [2.75, 3.05) is 32.7 Å². The number of rotatable bonds is 6. The van der Waals surface area contributed by atoms with Gasteiger partial charge in [0.1, 0.15) is 11.5 Å². The molecule has 1 aliphatic heterocycles. The van der Waals surface area contributed by atoms with E-state index in [4.69, 9.17) is 4.42 Å². The molecule has 1 N–H and O–H groups in total. The normalized spacial score (nSPS) is 16.4. The number of carbonyl (C=O) groups is 1. The number of amides is 1. The highest BCUT2D eigenvalue weighted by Gasteiger charge is 2.18. The summed E-state index contributed by atoms with van der Waals surface area (Å²) in [5.74, 6) is 1.35. The average molecular weight is 340 g/mol. The molecule has 0 radical (unpaired) electrons. The van der Waals surface area contributed by atoms with Crippen molar-refractivity contribution in [1.29, 1.82) is 0 Å².